The summed E-state index contributed by atoms with van der Waals surface area (Å²) in [6.45, 7) is 3.25. The molecule has 3 rings (SSSR count). The van der Waals surface area contributed by atoms with Crippen molar-refractivity contribution in [3.8, 4) is 0 Å². The number of benzene rings is 1. The maximum atomic E-state index is 12.6. The average Bonchev–Trinajstić information content (AvgIpc) is 2.97. The van der Waals surface area contributed by atoms with Crippen LogP contribution in [0.1, 0.15) is 35.2 Å². The van der Waals surface area contributed by atoms with Crippen LogP contribution in [-0.2, 0) is 9.05 Å². The Morgan fingerprint density at radius 1 is 1.24 bits per heavy atom. The van der Waals surface area contributed by atoms with Crippen LogP contribution in [0.25, 0.3) is 0 Å². The Morgan fingerprint density at radius 2 is 1.86 bits per heavy atom. The number of nitrogens with zero attached hydrogens (tertiary/aromatic N) is 1. The summed E-state index contributed by atoms with van der Waals surface area (Å²) in [5, 5.41) is 0. The van der Waals surface area contributed by atoms with Crippen LogP contribution in [0.15, 0.2) is 23.1 Å². The molecule has 1 saturated carbocycles. The molecule has 0 aromatic heterocycles. The summed E-state index contributed by atoms with van der Waals surface area (Å²) in [6, 6.07) is 4.71. The molecule has 114 valence electrons. The summed E-state index contributed by atoms with van der Waals surface area (Å²) in [6.07, 6.45) is 3.66. The molecule has 1 aromatic rings. The third-order valence-electron chi connectivity index (χ3n) is 4.71. The Hall–Kier alpha value is -1.07. The van der Waals surface area contributed by atoms with Crippen LogP contribution in [0, 0.1) is 18.8 Å². The van der Waals surface area contributed by atoms with Gasteiger partial charge in [-0.2, -0.15) is 0 Å². The molecule has 6 heteroatoms. The van der Waals surface area contributed by atoms with Gasteiger partial charge in [-0.05, 0) is 49.3 Å². The summed E-state index contributed by atoms with van der Waals surface area (Å²) in [4.78, 5) is 14.4. The molecule has 1 amide bonds. The van der Waals surface area contributed by atoms with E-state index >= 15 is 0 Å². The number of amides is 1. The van der Waals surface area contributed by atoms with Crippen molar-refractivity contribution >= 4 is 25.6 Å². The second-order valence-electron chi connectivity index (χ2n) is 6.08. The SMILES string of the molecule is Cc1ccc(C(=O)N2CC3CCCC3C2)cc1S(=O)(=O)Cl. The number of rotatable bonds is 2. The summed E-state index contributed by atoms with van der Waals surface area (Å²) < 4.78 is 23.1. The molecule has 4 nitrogen and oxygen atoms in total. The van der Waals surface area contributed by atoms with E-state index < -0.39 is 9.05 Å². The molecule has 2 atom stereocenters. The van der Waals surface area contributed by atoms with E-state index in [9.17, 15) is 13.2 Å². The van der Waals surface area contributed by atoms with E-state index in [0.29, 0.717) is 23.0 Å². The predicted molar refractivity (Wildman–Crippen MR) is 81.0 cm³/mol. The normalized spacial score (nSPS) is 25.1. The molecule has 2 fully saturated rings. The lowest BCUT2D eigenvalue weighted by atomic mass is 10.0. The topological polar surface area (TPSA) is 54.5 Å². The van der Waals surface area contributed by atoms with Crippen molar-refractivity contribution in [1.82, 2.24) is 4.90 Å². The van der Waals surface area contributed by atoms with E-state index in [2.05, 4.69) is 0 Å². The van der Waals surface area contributed by atoms with Crippen LogP contribution in [0.2, 0.25) is 0 Å². The van der Waals surface area contributed by atoms with Crippen molar-refractivity contribution in [3.63, 3.8) is 0 Å². The van der Waals surface area contributed by atoms with Crippen LogP contribution >= 0.6 is 10.7 Å². The highest BCUT2D eigenvalue weighted by atomic mass is 35.7. The first-order chi connectivity index (χ1) is 9.86. The fourth-order valence-electron chi connectivity index (χ4n) is 3.58. The van der Waals surface area contributed by atoms with Crippen LogP contribution < -0.4 is 0 Å². The van der Waals surface area contributed by atoms with Crippen molar-refractivity contribution in [1.29, 1.82) is 0 Å². The molecule has 0 bridgehead atoms. The zero-order valence-electron chi connectivity index (χ0n) is 11.9. The maximum Gasteiger partial charge on any atom is 0.261 e. The summed E-state index contributed by atoms with van der Waals surface area (Å²) in [5.74, 6) is 1.15. The van der Waals surface area contributed by atoms with Gasteiger partial charge in [-0.3, -0.25) is 4.79 Å². The standard InChI is InChI=1S/C15H18ClNO3S/c1-10-5-6-11(7-14(10)21(16,19)20)15(18)17-8-12-3-2-4-13(12)9-17/h5-7,12-13H,2-4,8-9H2,1H3. The summed E-state index contributed by atoms with van der Waals surface area (Å²) >= 11 is 0. The highest BCUT2D eigenvalue weighted by Gasteiger charge is 2.38. The maximum absolute atomic E-state index is 12.6. The summed E-state index contributed by atoms with van der Waals surface area (Å²) in [5.41, 5.74) is 0.958. The van der Waals surface area contributed by atoms with Gasteiger partial charge < -0.3 is 4.90 Å². The van der Waals surface area contributed by atoms with E-state index in [1.807, 2.05) is 4.90 Å². The van der Waals surface area contributed by atoms with Crippen molar-refractivity contribution in [2.75, 3.05) is 13.1 Å². The number of hydrogen-bond acceptors (Lipinski definition) is 3. The van der Waals surface area contributed by atoms with Crippen molar-refractivity contribution < 1.29 is 13.2 Å². The van der Waals surface area contributed by atoms with E-state index in [-0.39, 0.29) is 10.8 Å². The zero-order chi connectivity index (χ0) is 15.2. The number of halogens is 1. The van der Waals surface area contributed by atoms with Gasteiger partial charge >= 0.3 is 0 Å². The first-order valence-electron chi connectivity index (χ1n) is 7.21. The fraction of sp³-hybridized carbons (Fsp3) is 0.533. The predicted octanol–water partition coefficient (Wildman–Crippen LogP) is 2.79. The second kappa shape index (κ2) is 5.29. The molecule has 1 aliphatic carbocycles. The number of carbonyl (C=O) groups excluding carboxylic acids is 1. The number of likely N-dealkylation sites (tertiary alicyclic amines) is 1. The van der Waals surface area contributed by atoms with Gasteiger partial charge in [0.1, 0.15) is 0 Å². The first-order valence-corrected chi connectivity index (χ1v) is 9.52. The second-order valence-corrected chi connectivity index (χ2v) is 8.61. The van der Waals surface area contributed by atoms with Gasteiger partial charge in [-0.25, -0.2) is 8.42 Å². The van der Waals surface area contributed by atoms with Gasteiger partial charge in [0.05, 0.1) is 4.90 Å². The average molecular weight is 328 g/mol. The quantitative estimate of drug-likeness (QED) is 0.785. The highest BCUT2D eigenvalue weighted by Crippen LogP contribution is 2.38. The van der Waals surface area contributed by atoms with Crippen LogP contribution in [0.3, 0.4) is 0 Å². The largest absolute Gasteiger partial charge is 0.338 e. The zero-order valence-corrected chi connectivity index (χ0v) is 13.5. The molecule has 2 aliphatic rings. The van der Waals surface area contributed by atoms with E-state index in [0.717, 1.165) is 13.1 Å². The van der Waals surface area contributed by atoms with Gasteiger partial charge in [0.15, 0.2) is 0 Å². The lowest BCUT2D eigenvalue weighted by Crippen LogP contribution is -2.29. The molecule has 0 N–H and O–H groups in total. The fourth-order valence-corrected chi connectivity index (χ4v) is 4.80. The number of aryl methyl sites for hydroxylation is 1. The molecule has 1 saturated heterocycles. The summed E-state index contributed by atoms with van der Waals surface area (Å²) in [7, 11) is 1.60. The van der Waals surface area contributed by atoms with Crippen molar-refractivity contribution in [3.05, 3.63) is 29.3 Å². The van der Waals surface area contributed by atoms with E-state index in [1.165, 1.54) is 25.3 Å². The van der Waals surface area contributed by atoms with Gasteiger partial charge in [-0.15, -0.1) is 0 Å². The smallest absolute Gasteiger partial charge is 0.261 e. The Labute approximate surface area is 129 Å². The minimum absolute atomic E-state index is 0.0226. The highest BCUT2D eigenvalue weighted by molar-refractivity contribution is 8.13. The van der Waals surface area contributed by atoms with Gasteiger partial charge in [0.25, 0.3) is 15.0 Å². The Morgan fingerprint density at radius 3 is 2.43 bits per heavy atom. The Bertz CT molecular complexity index is 674. The van der Waals surface area contributed by atoms with E-state index in [1.54, 1.807) is 19.1 Å². The minimum Gasteiger partial charge on any atom is -0.338 e. The molecular weight excluding hydrogens is 310 g/mol. The Balaban J connectivity index is 1.86. The molecule has 2 unspecified atom stereocenters. The molecule has 1 heterocycles. The third kappa shape index (κ3) is 2.81. The minimum atomic E-state index is -3.83. The van der Waals surface area contributed by atoms with Gasteiger partial charge in [0.2, 0.25) is 0 Å². The first kappa shape index (κ1) is 14.9. The van der Waals surface area contributed by atoms with Crippen LogP contribution in [-0.4, -0.2) is 32.3 Å². The molecule has 0 spiro atoms. The lowest BCUT2D eigenvalue weighted by Gasteiger charge is -2.18. The van der Waals surface area contributed by atoms with Crippen LogP contribution in [0.4, 0.5) is 0 Å². The number of hydrogen-bond donors (Lipinski definition) is 0. The molecular formula is C15H18ClNO3S. The molecule has 0 radical (unpaired) electrons. The third-order valence-corrected chi connectivity index (χ3v) is 6.18. The Kier molecular flexibility index (Phi) is 3.74. The van der Waals surface area contributed by atoms with E-state index in [4.69, 9.17) is 10.7 Å². The lowest BCUT2D eigenvalue weighted by molar-refractivity contribution is 0.0780. The van der Waals surface area contributed by atoms with Crippen molar-refractivity contribution in [2.45, 2.75) is 31.1 Å². The number of fused-ring (bicyclic) bond motifs is 1. The monoisotopic (exact) mass is 327 g/mol. The molecule has 1 aromatic carbocycles. The number of carbonyl (C=O) groups is 1. The molecule has 1 aliphatic heterocycles. The van der Waals surface area contributed by atoms with Gasteiger partial charge in [-0.1, -0.05) is 12.5 Å². The van der Waals surface area contributed by atoms with Gasteiger partial charge in [0, 0.05) is 29.3 Å². The van der Waals surface area contributed by atoms with Crippen LogP contribution in [0.5, 0.6) is 0 Å². The van der Waals surface area contributed by atoms with Crippen molar-refractivity contribution in [2.24, 2.45) is 11.8 Å². The molecule has 21 heavy (non-hydrogen) atoms.